The van der Waals surface area contributed by atoms with E-state index in [4.69, 9.17) is 19.7 Å². The number of rotatable bonds is 12. The number of hydrogen-bond acceptors (Lipinski definition) is 6. The molecule has 0 aliphatic heterocycles. The van der Waals surface area contributed by atoms with Crippen molar-refractivity contribution in [1.29, 1.82) is 0 Å². The molecule has 0 saturated carbocycles. The minimum atomic E-state index is 0.216. The molecule has 1 aromatic carbocycles. The van der Waals surface area contributed by atoms with Crippen molar-refractivity contribution in [3.8, 4) is 11.5 Å². The van der Waals surface area contributed by atoms with Gasteiger partial charge in [0, 0.05) is 23.0 Å². The molecule has 0 fully saturated rings. The highest BCUT2D eigenvalue weighted by Gasteiger charge is 1.97. The Morgan fingerprint density at radius 1 is 0.700 bits per heavy atom. The van der Waals surface area contributed by atoms with Crippen LogP contribution in [-0.4, -0.2) is 59.7 Å². The molecule has 0 aromatic heterocycles. The highest BCUT2D eigenvalue weighted by Crippen LogP contribution is 2.18. The zero-order valence-electron chi connectivity index (χ0n) is 11.5. The summed E-state index contributed by atoms with van der Waals surface area (Å²) in [6.07, 6.45) is 0. The van der Waals surface area contributed by atoms with Crippen molar-refractivity contribution in [2.45, 2.75) is 0 Å². The van der Waals surface area contributed by atoms with E-state index in [-0.39, 0.29) is 13.2 Å². The molecule has 20 heavy (non-hydrogen) atoms. The van der Waals surface area contributed by atoms with E-state index in [9.17, 15) is 0 Å². The molecule has 0 amide bonds. The topological polar surface area (TPSA) is 58.9 Å². The first-order valence-corrected chi connectivity index (χ1v) is 8.90. The van der Waals surface area contributed by atoms with Crippen molar-refractivity contribution in [2.24, 2.45) is 0 Å². The second-order valence-electron chi connectivity index (χ2n) is 3.84. The van der Waals surface area contributed by atoms with Crippen LogP contribution in [0, 0.1) is 0 Å². The van der Waals surface area contributed by atoms with Crippen LogP contribution in [-0.2, 0) is 0 Å². The van der Waals surface area contributed by atoms with Crippen molar-refractivity contribution < 1.29 is 19.7 Å². The van der Waals surface area contributed by atoms with Gasteiger partial charge in [-0.2, -0.15) is 23.5 Å². The first-order valence-electron chi connectivity index (χ1n) is 6.59. The Morgan fingerprint density at radius 3 is 1.45 bits per heavy atom. The molecule has 0 atom stereocenters. The monoisotopic (exact) mass is 318 g/mol. The molecule has 2 N–H and O–H groups in total. The number of thioether (sulfide) groups is 2. The van der Waals surface area contributed by atoms with Crippen molar-refractivity contribution in [3.63, 3.8) is 0 Å². The SMILES string of the molecule is OCCSCCOc1ccc(OCCSCCO)cc1. The summed E-state index contributed by atoms with van der Waals surface area (Å²) in [6, 6.07) is 7.58. The molecular formula is C14H22O4S2. The van der Waals surface area contributed by atoms with E-state index in [1.165, 1.54) is 0 Å². The average molecular weight is 318 g/mol. The van der Waals surface area contributed by atoms with Crippen LogP contribution in [0.15, 0.2) is 24.3 Å². The van der Waals surface area contributed by atoms with Gasteiger partial charge in [0.1, 0.15) is 11.5 Å². The van der Waals surface area contributed by atoms with Crippen LogP contribution >= 0.6 is 23.5 Å². The predicted molar refractivity (Wildman–Crippen MR) is 86.3 cm³/mol. The minimum absolute atomic E-state index is 0.216. The molecule has 0 unspecified atom stereocenters. The van der Waals surface area contributed by atoms with Gasteiger partial charge in [-0.3, -0.25) is 0 Å². The Bertz CT molecular complexity index is 299. The summed E-state index contributed by atoms with van der Waals surface area (Å²) in [6.45, 7) is 1.71. The predicted octanol–water partition coefficient (Wildman–Crippen LogP) is 1.90. The molecule has 1 rings (SSSR count). The Balaban J connectivity index is 2.13. The smallest absolute Gasteiger partial charge is 0.119 e. The average Bonchev–Trinajstić information content (AvgIpc) is 2.48. The second kappa shape index (κ2) is 12.2. The van der Waals surface area contributed by atoms with Crippen LogP contribution < -0.4 is 9.47 Å². The normalized spacial score (nSPS) is 10.5. The fourth-order valence-electron chi connectivity index (χ4n) is 1.40. The molecule has 0 aliphatic rings. The quantitative estimate of drug-likeness (QED) is 0.574. The van der Waals surface area contributed by atoms with Gasteiger partial charge in [0.2, 0.25) is 0 Å². The molecule has 0 spiro atoms. The second-order valence-corrected chi connectivity index (χ2v) is 6.29. The first kappa shape index (κ1) is 17.5. The van der Waals surface area contributed by atoms with E-state index >= 15 is 0 Å². The minimum Gasteiger partial charge on any atom is -0.493 e. The third-order valence-electron chi connectivity index (χ3n) is 2.29. The molecule has 0 bridgehead atoms. The van der Waals surface area contributed by atoms with E-state index in [2.05, 4.69) is 0 Å². The molecular weight excluding hydrogens is 296 g/mol. The maximum Gasteiger partial charge on any atom is 0.119 e. The van der Waals surface area contributed by atoms with E-state index < -0.39 is 0 Å². The molecule has 0 aliphatic carbocycles. The summed E-state index contributed by atoms with van der Waals surface area (Å²) in [4.78, 5) is 0. The summed E-state index contributed by atoms with van der Waals surface area (Å²) >= 11 is 3.35. The Labute approximate surface area is 128 Å². The van der Waals surface area contributed by atoms with Crippen molar-refractivity contribution in [2.75, 3.05) is 49.4 Å². The summed E-state index contributed by atoms with van der Waals surface area (Å²) in [5.41, 5.74) is 0. The lowest BCUT2D eigenvalue weighted by atomic mass is 10.3. The zero-order chi connectivity index (χ0) is 14.5. The van der Waals surface area contributed by atoms with Crippen LogP contribution in [0.4, 0.5) is 0 Å². The van der Waals surface area contributed by atoms with Crippen LogP contribution in [0.5, 0.6) is 11.5 Å². The standard InChI is InChI=1S/C14H22O4S2/c15-5-9-19-11-7-17-13-1-2-14(4-3-13)18-8-12-20-10-6-16/h1-4,15-16H,5-12H2. The third-order valence-corrected chi connectivity index (χ3v) is 4.14. The molecule has 6 heteroatoms. The summed E-state index contributed by atoms with van der Waals surface area (Å²) in [7, 11) is 0. The fourth-order valence-corrected chi connectivity index (χ4v) is 2.47. The summed E-state index contributed by atoms with van der Waals surface area (Å²) < 4.78 is 11.2. The van der Waals surface area contributed by atoms with Crippen molar-refractivity contribution >= 4 is 23.5 Å². The molecule has 0 radical (unpaired) electrons. The van der Waals surface area contributed by atoms with Crippen LogP contribution in [0.2, 0.25) is 0 Å². The maximum absolute atomic E-state index is 8.64. The Kier molecular flexibility index (Phi) is 10.7. The number of hydrogen-bond donors (Lipinski definition) is 2. The largest absolute Gasteiger partial charge is 0.493 e. The van der Waals surface area contributed by atoms with Gasteiger partial charge >= 0.3 is 0 Å². The van der Waals surface area contributed by atoms with Gasteiger partial charge in [0.25, 0.3) is 0 Å². The zero-order valence-corrected chi connectivity index (χ0v) is 13.1. The van der Waals surface area contributed by atoms with Crippen molar-refractivity contribution in [1.82, 2.24) is 0 Å². The van der Waals surface area contributed by atoms with Gasteiger partial charge in [0.15, 0.2) is 0 Å². The Morgan fingerprint density at radius 2 is 1.10 bits per heavy atom. The maximum atomic E-state index is 8.64. The van der Waals surface area contributed by atoms with E-state index in [0.29, 0.717) is 13.2 Å². The van der Waals surface area contributed by atoms with Gasteiger partial charge in [-0.05, 0) is 24.3 Å². The van der Waals surface area contributed by atoms with E-state index in [1.54, 1.807) is 23.5 Å². The van der Waals surface area contributed by atoms with Gasteiger partial charge < -0.3 is 19.7 Å². The van der Waals surface area contributed by atoms with Gasteiger partial charge in [-0.1, -0.05) is 0 Å². The lowest BCUT2D eigenvalue weighted by molar-refractivity contribution is 0.320. The molecule has 4 nitrogen and oxygen atoms in total. The van der Waals surface area contributed by atoms with Gasteiger partial charge in [-0.15, -0.1) is 0 Å². The third kappa shape index (κ3) is 8.58. The lowest BCUT2D eigenvalue weighted by Crippen LogP contribution is -2.03. The van der Waals surface area contributed by atoms with Gasteiger partial charge in [-0.25, -0.2) is 0 Å². The summed E-state index contributed by atoms with van der Waals surface area (Å²) in [5, 5.41) is 17.3. The number of benzene rings is 1. The number of aliphatic hydroxyl groups is 2. The van der Waals surface area contributed by atoms with Crippen LogP contribution in [0.25, 0.3) is 0 Å². The molecule has 0 heterocycles. The van der Waals surface area contributed by atoms with Crippen LogP contribution in [0.3, 0.4) is 0 Å². The molecule has 0 saturated heterocycles. The van der Waals surface area contributed by atoms with E-state index in [0.717, 1.165) is 34.5 Å². The number of aliphatic hydroxyl groups excluding tert-OH is 2. The first-order chi connectivity index (χ1) is 9.86. The number of ether oxygens (including phenoxy) is 2. The highest BCUT2D eigenvalue weighted by atomic mass is 32.2. The Hall–Kier alpha value is -0.560. The lowest BCUT2D eigenvalue weighted by Gasteiger charge is -2.08. The molecule has 1 aromatic rings. The molecule has 114 valence electrons. The van der Waals surface area contributed by atoms with Crippen LogP contribution in [0.1, 0.15) is 0 Å². The highest BCUT2D eigenvalue weighted by molar-refractivity contribution is 7.99. The van der Waals surface area contributed by atoms with E-state index in [1.807, 2.05) is 24.3 Å². The van der Waals surface area contributed by atoms with Gasteiger partial charge in [0.05, 0.1) is 26.4 Å². The fraction of sp³-hybridized carbons (Fsp3) is 0.571. The van der Waals surface area contributed by atoms with Crippen molar-refractivity contribution in [3.05, 3.63) is 24.3 Å². The summed E-state index contributed by atoms with van der Waals surface area (Å²) in [5.74, 6) is 4.92.